The normalized spacial score (nSPS) is 84.7. The first kappa shape index (κ1) is 16.4. The number of halogens is 9. The molecule has 26 heavy (non-hydrogen) atoms. The monoisotopic (exact) mass is 638 g/mol. The minimum absolute atomic E-state index is 0.218. The van der Waals surface area contributed by atoms with Crippen molar-refractivity contribution < 1.29 is 6.51 Å². The molecule has 14 heteroatoms. The van der Waals surface area contributed by atoms with E-state index in [1.165, 1.54) is 0 Å². The van der Waals surface area contributed by atoms with Gasteiger partial charge in [-0.2, -0.15) is 0 Å². The zero-order chi connectivity index (χ0) is 18.6. The molecule has 146 valence electrons. The predicted molar refractivity (Wildman–Crippen MR) is 121 cm³/mol. The van der Waals surface area contributed by atoms with Crippen LogP contribution >= 0.6 is 99.7 Å². The third kappa shape index (κ3) is 0.303. The van der Waals surface area contributed by atoms with E-state index >= 15 is 0 Å². The van der Waals surface area contributed by atoms with Crippen molar-refractivity contribution in [1.29, 1.82) is 0 Å². The van der Waals surface area contributed by atoms with Crippen LogP contribution in [0.15, 0.2) is 11.8 Å². The van der Waals surface area contributed by atoms with Crippen LogP contribution in [-0.2, 0) is 6.51 Å². The molecule has 0 radical (unpaired) electrons. The molecule has 0 saturated carbocycles. The van der Waals surface area contributed by atoms with E-state index in [2.05, 4.69) is 6.58 Å². The van der Waals surface area contributed by atoms with Gasteiger partial charge in [-0.25, -0.2) is 0 Å². The molecule has 0 aromatic heterocycles. The van der Waals surface area contributed by atoms with E-state index in [0.717, 1.165) is 48.5 Å². The van der Waals surface area contributed by atoms with Crippen LogP contribution in [0.4, 0.5) is 0 Å². The van der Waals surface area contributed by atoms with Gasteiger partial charge in [0.25, 0.3) is 0 Å². The van der Waals surface area contributed by atoms with Gasteiger partial charge in [-0.3, -0.25) is 0 Å². The summed E-state index contributed by atoms with van der Waals surface area (Å²) in [5, 5.41) is 1.00. The van der Waals surface area contributed by atoms with Crippen molar-refractivity contribution in [3.05, 3.63) is 11.8 Å². The van der Waals surface area contributed by atoms with E-state index in [9.17, 15) is 0 Å². The first-order valence-corrected chi connectivity index (χ1v) is 35.0. The summed E-state index contributed by atoms with van der Waals surface area (Å²) >= 11 is 60.7. The van der Waals surface area contributed by atoms with Crippen LogP contribution in [-0.4, -0.2) is 23.2 Å². The molecule has 1 spiro atoms. The Morgan fingerprint density at radius 1 is 0.615 bits per heavy atom. The van der Waals surface area contributed by atoms with E-state index in [1.807, 2.05) is 0 Å². The van der Waals surface area contributed by atoms with Crippen LogP contribution in [0.3, 0.4) is 0 Å². The minimum atomic E-state index is -3.61. The molecular formula is C12H11Cl9FeSi4. The van der Waals surface area contributed by atoms with Gasteiger partial charge in [0.15, 0.2) is 0 Å². The Kier molecular flexibility index (Phi) is 1.18. The molecule has 0 aliphatic carbocycles. The first-order chi connectivity index (χ1) is 11.4. The Hall–Kier alpha value is 3.74. The second-order valence-electron chi connectivity index (χ2n) is 12.4. The van der Waals surface area contributed by atoms with Gasteiger partial charge >= 0.3 is 189 Å². The fourth-order valence-electron chi connectivity index (χ4n) is 18.3. The van der Waals surface area contributed by atoms with Gasteiger partial charge in [-0.1, -0.05) is 0 Å². The molecule has 4 atom stereocenters. The van der Waals surface area contributed by atoms with Crippen molar-refractivity contribution in [2.75, 3.05) is 0 Å². The number of rotatable bonds is 5. The van der Waals surface area contributed by atoms with Crippen molar-refractivity contribution in [1.82, 2.24) is 0 Å². The first-order valence-electron chi connectivity index (χ1n) is 8.56. The van der Waals surface area contributed by atoms with E-state index < -0.39 is 29.7 Å². The third-order valence-corrected chi connectivity index (χ3v) is 143. The summed E-state index contributed by atoms with van der Waals surface area (Å²) < 4.78 is 0.218. The fraction of sp³-hybridized carbons (Fsp3) is 0.833. The average Bonchev–Trinajstić information content (AvgIpc) is 3.37. The molecule has 10 heterocycles. The second-order valence-corrected chi connectivity index (χ2v) is 88.1. The van der Waals surface area contributed by atoms with E-state index in [-0.39, 0.29) is 4.31 Å². The van der Waals surface area contributed by atoms with Crippen LogP contribution in [0.25, 0.3) is 0 Å². The number of hydrogen-bond acceptors (Lipinski definition) is 0. The van der Waals surface area contributed by atoms with E-state index in [4.69, 9.17) is 99.7 Å². The van der Waals surface area contributed by atoms with Crippen LogP contribution in [0.1, 0.15) is 0 Å². The summed E-state index contributed by atoms with van der Waals surface area (Å²) in [5.74, 6) is 0. The molecule has 0 amide bonds. The number of hydrogen-bond donors (Lipinski definition) is 0. The Morgan fingerprint density at radius 3 is 1.08 bits per heavy atom. The van der Waals surface area contributed by atoms with Crippen LogP contribution in [0.5, 0.6) is 0 Å². The van der Waals surface area contributed by atoms with E-state index in [0.29, 0.717) is 0 Å². The van der Waals surface area contributed by atoms with Crippen molar-refractivity contribution in [3.8, 4) is 0 Å². The Balaban J connectivity index is 1.34. The molecule has 0 bridgehead atoms. The van der Waals surface area contributed by atoms with Gasteiger partial charge in [0, 0.05) is 0 Å². The third-order valence-electron chi connectivity index (χ3n) is 16.9. The van der Waals surface area contributed by atoms with E-state index in [1.54, 1.807) is 0 Å². The summed E-state index contributed by atoms with van der Waals surface area (Å²) in [5.41, 5.74) is -10.8. The molecule has 0 N–H and O–H groups in total. The van der Waals surface area contributed by atoms with Crippen molar-refractivity contribution in [2.24, 2.45) is 0 Å². The maximum absolute atomic E-state index is 6.74. The predicted octanol–water partition coefficient (Wildman–Crippen LogP) is 8.49. The second kappa shape index (κ2) is 1.87. The van der Waals surface area contributed by atoms with Gasteiger partial charge in [-0.15, -0.1) is 0 Å². The standard InChI is InChI=1S/C7H6Cl9Si4.C5H5.Fe/c1-6(7-4-2-3-5-7)17(18(8,9)10,19(11,12)13)20(14,15)16;1-2-4-5-3-1;/h2-5H,1H2;1-5H;. The summed E-state index contributed by atoms with van der Waals surface area (Å²) in [6, 6.07) is 0. The Labute approximate surface area is 186 Å². The Bertz CT molecular complexity index is 1200. The number of fused-ring (bicyclic) bond motifs is 10. The van der Waals surface area contributed by atoms with Crippen LogP contribution in [0.2, 0.25) is 47.7 Å². The van der Waals surface area contributed by atoms with Crippen LogP contribution in [0, 0.1) is 0 Å². The van der Waals surface area contributed by atoms with Crippen molar-refractivity contribution >= 4 is 123 Å². The van der Waals surface area contributed by atoms with Gasteiger partial charge < -0.3 is 0 Å². The summed E-state index contributed by atoms with van der Waals surface area (Å²) in [7, 11) is 0. The quantitative estimate of drug-likeness (QED) is 0.209. The van der Waals surface area contributed by atoms with Gasteiger partial charge in [0.05, 0.1) is 0 Å². The van der Waals surface area contributed by atoms with Gasteiger partial charge in [0.2, 0.25) is 0 Å². The molecule has 10 aliphatic rings. The maximum atomic E-state index is 6.74. The topological polar surface area (TPSA) is 0 Å². The average molecular weight is 642 g/mol. The molecule has 10 rings (SSSR count). The van der Waals surface area contributed by atoms with Crippen molar-refractivity contribution in [3.63, 3.8) is 0 Å². The zero-order valence-corrected chi connectivity index (χ0v) is 24.6. The fourth-order valence-corrected chi connectivity index (χ4v) is 229. The number of allylic oxidation sites excluding steroid dienone is 1. The summed E-state index contributed by atoms with van der Waals surface area (Å²) in [6.45, 7) is -2.47. The molecule has 0 aromatic rings. The summed E-state index contributed by atoms with van der Waals surface area (Å²) in [4.78, 5) is 9.36. The molecule has 0 nitrogen and oxygen atoms in total. The zero-order valence-electron chi connectivity index (χ0n) is 12.7. The molecule has 4 unspecified atom stereocenters. The SMILES string of the molecule is C=C([C]12[CH]3[CH]4[CH]5[CH]1[Fe]45321678[CH]2[CH]1[CH]6[CH]7[CH]28)[Si]([Si](Cl)(Cl)Cl)([Si](Cl)(Cl)Cl)[Si](Cl)(Cl)Cl. The molecule has 10 saturated heterocycles. The van der Waals surface area contributed by atoms with Crippen molar-refractivity contribution in [2.45, 2.75) is 47.7 Å². The van der Waals surface area contributed by atoms with Gasteiger partial charge in [0.1, 0.15) is 0 Å². The molecular weight excluding hydrogens is 631 g/mol. The molecule has 10 fully saturated rings. The molecule has 10 aliphatic heterocycles. The Morgan fingerprint density at radius 2 is 0.923 bits per heavy atom. The summed E-state index contributed by atoms with van der Waals surface area (Å²) in [6.07, 6.45) is 0. The molecule has 0 aromatic carbocycles. The van der Waals surface area contributed by atoms with Crippen LogP contribution < -0.4 is 0 Å². The van der Waals surface area contributed by atoms with Gasteiger partial charge in [-0.05, 0) is 0 Å².